The van der Waals surface area contributed by atoms with Crippen LogP contribution in [-0.4, -0.2) is 12.7 Å². The molecule has 0 radical (unpaired) electrons. The van der Waals surface area contributed by atoms with Crippen molar-refractivity contribution in [2.75, 3.05) is 6.61 Å². The van der Waals surface area contributed by atoms with Crippen LogP contribution in [0, 0.1) is 0 Å². The van der Waals surface area contributed by atoms with Crippen LogP contribution >= 0.6 is 0 Å². The molecule has 0 aromatic heterocycles. The van der Waals surface area contributed by atoms with Crippen molar-refractivity contribution in [3.05, 3.63) is 12.2 Å². The van der Waals surface area contributed by atoms with Crippen molar-refractivity contribution in [2.45, 2.75) is 33.3 Å². The number of hydrogen-bond acceptors (Lipinski definition) is 1. The normalized spacial score (nSPS) is 14.6. The van der Waals surface area contributed by atoms with Crippen LogP contribution in [0.25, 0.3) is 0 Å². The van der Waals surface area contributed by atoms with Gasteiger partial charge < -0.3 is 4.74 Å². The molecule has 0 saturated carbocycles. The molecule has 0 bridgehead atoms. The maximum atomic E-state index is 5.34. The fourth-order valence-electron chi connectivity index (χ4n) is 0.630. The first-order valence-electron chi connectivity index (χ1n) is 3.55. The van der Waals surface area contributed by atoms with Gasteiger partial charge in [0.1, 0.15) is 0 Å². The molecule has 0 aliphatic heterocycles. The zero-order valence-corrected chi connectivity index (χ0v) is 6.55. The van der Waals surface area contributed by atoms with E-state index in [0.29, 0.717) is 0 Å². The maximum absolute atomic E-state index is 5.34. The fraction of sp³-hybridized carbons (Fsp3) is 0.750. The molecule has 1 atom stereocenters. The Kier molecular flexibility index (Phi) is 5.64. The largest absolute Gasteiger partial charge is 0.374 e. The second kappa shape index (κ2) is 5.83. The Hall–Kier alpha value is -0.300. The summed E-state index contributed by atoms with van der Waals surface area (Å²) in [5, 5.41) is 0. The Morgan fingerprint density at radius 2 is 2.22 bits per heavy atom. The van der Waals surface area contributed by atoms with Crippen molar-refractivity contribution in [3.63, 3.8) is 0 Å². The molecular weight excluding hydrogens is 112 g/mol. The third-order valence-electron chi connectivity index (χ3n) is 1.05. The zero-order valence-electron chi connectivity index (χ0n) is 6.55. The third-order valence-corrected chi connectivity index (χ3v) is 1.05. The van der Waals surface area contributed by atoms with Gasteiger partial charge in [0.25, 0.3) is 0 Å². The Labute approximate surface area is 57.7 Å². The molecule has 54 valence electrons. The molecule has 0 spiro atoms. The average Bonchev–Trinajstić information content (AvgIpc) is 1.85. The Bertz CT molecular complexity index is 76.6. The van der Waals surface area contributed by atoms with E-state index in [9.17, 15) is 0 Å². The van der Waals surface area contributed by atoms with Crippen molar-refractivity contribution in [1.29, 1.82) is 0 Å². The summed E-state index contributed by atoms with van der Waals surface area (Å²) in [6, 6.07) is 0. The van der Waals surface area contributed by atoms with Crippen LogP contribution in [0.15, 0.2) is 12.2 Å². The Morgan fingerprint density at radius 3 is 2.67 bits per heavy atom. The van der Waals surface area contributed by atoms with Crippen LogP contribution in [0.3, 0.4) is 0 Å². The minimum absolute atomic E-state index is 0.287. The standard InChI is InChI=1S/C8H16O/c1-4-6-8(3)9-7-5-2/h4,6,8H,5,7H2,1-3H3. The summed E-state index contributed by atoms with van der Waals surface area (Å²) < 4.78 is 5.34. The lowest BCUT2D eigenvalue weighted by atomic mass is 10.3. The van der Waals surface area contributed by atoms with Crippen LogP contribution < -0.4 is 0 Å². The predicted octanol–water partition coefficient (Wildman–Crippen LogP) is 2.38. The molecule has 0 heterocycles. The summed E-state index contributed by atoms with van der Waals surface area (Å²) in [5.74, 6) is 0. The van der Waals surface area contributed by atoms with E-state index >= 15 is 0 Å². The van der Waals surface area contributed by atoms with E-state index in [1.54, 1.807) is 0 Å². The monoisotopic (exact) mass is 128 g/mol. The summed E-state index contributed by atoms with van der Waals surface area (Å²) in [7, 11) is 0. The number of rotatable bonds is 4. The summed E-state index contributed by atoms with van der Waals surface area (Å²) in [5.41, 5.74) is 0. The highest BCUT2D eigenvalue weighted by molar-refractivity contribution is 4.83. The van der Waals surface area contributed by atoms with E-state index in [-0.39, 0.29) is 6.10 Å². The number of allylic oxidation sites excluding steroid dienone is 1. The number of hydrogen-bond donors (Lipinski definition) is 0. The van der Waals surface area contributed by atoms with Gasteiger partial charge in [0, 0.05) is 6.61 Å². The van der Waals surface area contributed by atoms with Crippen LogP contribution in [0.2, 0.25) is 0 Å². The van der Waals surface area contributed by atoms with Gasteiger partial charge in [0.15, 0.2) is 0 Å². The van der Waals surface area contributed by atoms with E-state index in [2.05, 4.69) is 19.9 Å². The van der Waals surface area contributed by atoms with Gasteiger partial charge in [-0.2, -0.15) is 0 Å². The van der Waals surface area contributed by atoms with Crippen molar-refractivity contribution < 1.29 is 4.74 Å². The van der Waals surface area contributed by atoms with Gasteiger partial charge in [-0.05, 0) is 20.3 Å². The van der Waals surface area contributed by atoms with Gasteiger partial charge in [-0.1, -0.05) is 19.1 Å². The second-order valence-corrected chi connectivity index (χ2v) is 2.10. The minimum atomic E-state index is 0.287. The first-order valence-corrected chi connectivity index (χ1v) is 3.55. The molecule has 0 aromatic rings. The van der Waals surface area contributed by atoms with E-state index in [1.165, 1.54) is 0 Å². The Balaban J connectivity index is 3.15. The van der Waals surface area contributed by atoms with E-state index in [4.69, 9.17) is 4.74 Å². The first-order chi connectivity index (χ1) is 4.31. The molecule has 1 heteroatoms. The van der Waals surface area contributed by atoms with Crippen LogP contribution in [0.4, 0.5) is 0 Å². The van der Waals surface area contributed by atoms with Gasteiger partial charge in [-0.15, -0.1) is 0 Å². The van der Waals surface area contributed by atoms with E-state index in [0.717, 1.165) is 13.0 Å². The van der Waals surface area contributed by atoms with Crippen LogP contribution in [-0.2, 0) is 4.74 Å². The average molecular weight is 128 g/mol. The molecule has 0 rings (SSSR count). The topological polar surface area (TPSA) is 9.23 Å². The van der Waals surface area contributed by atoms with Crippen molar-refractivity contribution in [3.8, 4) is 0 Å². The SMILES string of the molecule is CC=CC(C)OCCC. The van der Waals surface area contributed by atoms with Gasteiger partial charge in [0.05, 0.1) is 6.10 Å². The quantitative estimate of drug-likeness (QED) is 0.528. The Morgan fingerprint density at radius 1 is 1.56 bits per heavy atom. The van der Waals surface area contributed by atoms with Crippen molar-refractivity contribution in [1.82, 2.24) is 0 Å². The maximum Gasteiger partial charge on any atom is 0.0727 e. The highest BCUT2D eigenvalue weighted by Gasteiger charge is 1.91. The number of ether oxygens (including phenoxy) is 1. The zero-order chi connectivity index (χ0) is 7.11. The van der Waals surface area contributed by atoms with Crippen LogP contribution in [0.5, 0.6) is 0 Å². The highest BCUT2D eigenvalue weighted by Crippen LogP contribution is 1.92. The second-order valence-electron chi connectivity index (χ2n) is 2.10. The first kappa shape index (κ1) is 8.70. The smallest absolute Gasteiger partial charge is 0.0727 e. The summed E-state index contributed by atoms with van der Waals surface area (Å²) in [6.45, 7) is 7.04. The molecule has 0 fully saturated rings. The lowest BCUT2D eigenvalue weighted by Gasteiger charge is -2.05. The molecule has 9 heavy (non-hydrogen) atoms. The fourth-order valence-corrected chi connectivity index (χ4v) is 0.630. The summed E-state index contributed by atoms with van der Waals surface area (Å²) >= 11 is 0. The molecular formula is C8H16O. The molecule has 1 nitrogen and oxygen atoms in total. The van der Waals surface area contributed by atoms with Crippen molar-refractivity contribution in [2.24, 2.45) is 0 Å². The molecule has 0 aliphatic carbocycles. The van der Waals surface area contributed by atoms with Gasteiger partial charge in [-0.3, -0.25) is 0 Å². The van der Waals surface area contributed by atoms with E-state index in [1.807, 2.05) is 13.0 Å². The molecule has 0 amide bonds. The van der Waals surface area contributed by atoms with Gasteiger partial charge in [0.2, 0.25) is 0 Å². The highest BCUT2D eigenvalue weighted by atomic mass is 16.5. The molecule has 0 saturated heterocycles. The van der Waals surface area contributed by atoms with Gasteiger partial charge in [-0.25, -0.2) is 0 Å². The molecule has 1 unspecified atom stereocenters. The predicted molar refractivity (Wildman–Crippen MR) is 40.5 cm³/mol. The lowest BCUT2D eigenvalue weighted by molar-refractivity contribution is 0.0979. The van der Waals surface area contributed by atoms with Crippen LogP contribution in [0.1, 0.15) is 27.2 Å². The van der Waals surface area contributed by atoms with Gasteiger partial charge >= 0.3 is 0 Å². The summed E-state index contributed by atoms with van der Waals surface area (Å²) in [4.78, 5) is 0. The van der Waals surface area contributed by atoms with E-state index < -0.39 is 0 Å². The minimum Gasteiger partial charge on any atom is -0.374 e. The summed E-state index contributed by atoms with van der Waals surface area (Å²) in [6.07, 6.45) is 5.45. The molecule has 0 aliphatic rings. The lowest BCUT2D eigenvalue weighted by Crippen LogP contribution is -2.04. The molecule has 0 aromatic carbocycles. The molecule has 0 N–H and O–H groups in total. The third kappa shape index (κ3) is 5.57. The van der Waals surface area contributed by atoms with Crippen molar-refractivity contribution >= 4 is 0 Å².